The molecule has 0 unspecified atom stereocenters. The van der Waals surface area contributed by atoms with Gasteiger partial charge < -0.3 is 16.6 Å². The molecule has 0 rings (SSSR count). The Morgan fingerprint density at radius 2 is 1.67 bits per heavy atom. The maximum atomic E-state index is 10.7. The van der Waals surface area contributed by atoms with Gasteiger partial charge in [-0.1, -0.05) is 6.42 Å². The highest BCUT2D eigenvalue weighted by atomic mass is 32.2. The minimum Gasteiger partial charge on any atom is -0.480 e. The van der Waals surface area contributed by atoms with Crippen LogP contribution in [0.2, 0.25) is 0 Å². The van der Waals surface area contributed by atoms with E-state index in [1.165, 1.54) is 0 Å². The number of hydrogen-bond donors (Lipinski definition) is 4. The molecule has 0 bridgehead atoms. The highest BCUT2D eigenvalue weighted by Gasteiger charge is 2.44. The lowest BCUT2D eigenvalue weighted by Gasteiger charge is -2.03. The van der Waals surface area contributed by atoms with E-state index in [1.54, 1.807) is 0 Å². The summed E-state index contributed by atoms with van der Waals surface area (Å²) >= 11 is 0. The molecular formula is C7H15F3N2O5S. The second kappa shape index (κ2) is 8.24. The van der Waals surface area contributed by atoms with Crippen LogP contribution in [-0.4, -0.2) is 42.1 Å². The van der Waals surface area contributed by atoms with Crippen LogP contribution in [0, 0.1) is 0 Å². The van der Waals surface area contributed by atoms with Crippen LogP contribution in [0.3, 0.4) is 0 Å². The van der Waals surface area contributed by atoms with Gasteiger partial charge in [0.25, 0.3) is 0 Å². The lowest BCUT2D eigenvalue weighted by molar-refractivity contribution is -0.138. The van der Waals surface area contributed by atoms with Crippen LogP contribution in [0.5, 0.6) is 0 Å². The molecule has 0 aliphatic rings. The Morgan fingerprint density at radius 3 is 1.89 bits per heavy atom. The zero-order valence-electron chi connectivity index (χ0n) is 9.22. The molecule has 0 heterocycles. The molecule has 0 aromatic heterocycles. The van der Waals surface area contributed by atoms with Crippen molar-refractivity contribution in [1.82, 2.24) is 0 Å². The molecule has 0 radical (unpaired) electrons. The molecule has 0 aliphatic heterocycles. The molecule has 110 valence electrons. The summed E-state index contributed by atoms with van der Waals surface area (Å²) < 4.78 is 57.5. The maximum Gasteiger partial charge on any atom is 0.522 e. The average molecular weight is 296 g/mol. The van der Waals surface area contributed by atoms with Crippen LogP contribution < -0.4 is 11.5 Å². The second-order valence-corrected chi connectivity index (χ2v) is 4.56. The van der Waals surface area contributed by atoms with Gasteiger partial charge >= 0.3 is 21.6 Å². The molecule has 0 aliphatic carbocycles. The Bertz CT molecular complexity index is 343. The van der Waals surface area contributed by atoms with Crippen molar-refractivity contribution in [2.45, 2.75) is 30.8 Å². The summed E-state index contributed by atoms with van der Waals surface area (Å²) in [4.78, 5) is 10.1. The first-order chi connectivity index (χ1) is 7.93. The van der Waals surface area contributed by atoms with Crippen molar-refractivity contribution in [2.24, 2.45) is 11.5 Å². The van der Waals surface area contributed by atoms with Gasteiger partial charge in [0.2, 0.25) is 0 Å². The molecule has 0 amide bonds. The highest BCUT2D eigenvalue weighted by molar-refractivity contribution is 7.86. The molecule has 0 aromatic carbocycles. The first kappa shape index (κ1) is 19.4. The van der Waals surface area contributed by atoms with E-state index < -0.39 is 27.6 Å². The maximum absolute atomic E-state index is 10.7. The van der Waals surface area contributed by atoms with Crippen LogP contribution in [0.1, 0.15) is 19.3 Å². The number of rotatable bonds is 5. The summed E-state index contributed by atoms with van der Waals surface area (Å²) in [5.41, 5.74) is 4.88. The van der Waals surface area contributed by atoms with Gasteiger partial charge in [-0.3, -0.25) is 9.35 Å². The summed E-state index contributed by atoms with van der Waals surface area (Å²) in [7, 11) is -5.84. The van der Waals surface area contributed by atoms with Crippen molar-refractivity contribution in [3.63, 3.8) is 0 Å². The molecule has 0 saturated heterocycles. The number of carbonyl (C=O) groups is 1. The number of unbranched alkanes of at least 4 members (excludes halogenated alkanes) is 1. The van der Waals surface area contributed by atoms with Gasteiger partial charge in [-0.15, -0.1) is 0 Å². The summed E-state index contributed by atoms with van der Waals surface area (Å²) in [6.07, 6.45) is 2.16. The first-order valence-electron chi connectivity index (χ1n) is 4.65. The van der Waals surface area contributed by atoms with Crippen molar-refractivity contribution < 1.29 is 36.0 Å². The molecular weight excluding hydrogens is 281 g/mol. The monoisotopic (exact) mass is 296 g/mol. The van der Waals surface area contributed by atoms with Crippen molar-refractivity contribution in [3.05, 3.63) is 0 Å². The molecule has 18 heavy (non-hydrogen) atoms. The fourth-order valence-electron chi connectivity index (χ4n) is 0.632. The number of carboxylic acid groups (broad SMARTS) is 1. The minimum absolute atomic E-state index is 0.520. The zero-order valence-corrected chi connectivity index (χ0v) is 10.0. The number of carboxylic acids is 1. The summed E-state index contributed by atoms with van der Waals surface area (Å²) in [5.74, 6) is -0.933. The minimum atomic E-state index is -5.84. The average Bonchev–Trinajstić information content (AvgIpc) is 2.15. The van der Waals surface area contributed by atoms with Crippen molar-refractivity contribution in [3.8, 4) is 0 Å². The Balaban J connectivity index is 0. The largest absolute Gasteiger partial charge is 0.522 e. The molecule has 0 fully saturated rings. The highest BCUT2D eigenvalue weighted by Crippen LogP contribution is 2.20. The summed E-state index contributed by atoms with van der Waals surface area (Å²) in [6.45, 7) is 0.604. The molecule has 0 saturated carbocycles. The van der Waals surface area contributed by atoms with Crippen molar-refractivity contribution >= 4 is 16.1 Å². The van der Waals surface area contributed by atoms with Gasteiger partial charge in [0.1, 0.15) is 6.04 Å². The third-order valence-electron chi connectivity index (χ3n) is 1.58. The Labute approximate surface area is 102 Å². The van der Waals surface area contributed by atoms with E-state index in [4.69, 9.17) is 29.5 Å². The third-order valence-corrected chi connectivity index (χ3v) is 2.16. The van der Waals surface area contributed by atoms with Crippen molar-refractivity contribution in [1.29, 1.82) is 0 Å². The summed E-state index contributed by atoms with van der Waals surface area (Å²) in [5, 5.41) is 8.33. The van der Waals surface area contributed by atoms with Crippen molar-refractivity contribution in [2.75, 3.05) is 6.54 Å². The van der Waals surface area contributed by atoms with Gasteiger partial charge in [-0.25, -0.2) is 0 Å². The third kappa shape index (κ3) is 10.3. The van der Waals surface area contributed by atoms with Gasteiger partial charge in [0.05, 0.1) is 0 Å². The Morgan fingerprint density at radius 1 is 1.28 bits per heavy atom. The number of nitrogens with two attached hydrogens (primary N) is 2. The predicted molar refractivity (Wildman–Crippen MR) is 56.1 cm³/mol. The predicted octanol–water partition coefficient (Wildman–Crippen LogP) is -0.0787. The van der Waals surface area contributed by atoms with Gasteiger partial charge in [0, 0.05) is 0 Å². The van der Waals surface area contributed by atoms with Crippen LogP contribution in [0.25, 0.3) is 0 Å². The zero-order chi connectivity index (χ0) is 15.0. The van der Waals surface area contributed by atoms with Crippen LogP contribution in [-0.2, 0) is 14.9 Å². The number of alkyl halides is 3. The quantitative estimate of drug-likeness (QED) is 0.315. The van der Waals surface area contributed by atoms with E-state index in [0.717, 1.165) is 12.8 Å². The first-order valence-corrected chi connectivity index (χ1v) is 6.09. The van der Waals surface area contributed by atoms with Crippen LogP contribution in [0.15, 0.2) is 0 Å². The standard InChI is InChI=1S/C6H14N2O2.CHF3O3S/c7-4-2-1-3-5(8)6(9)10;2-1(3,4)8(5,6)7/h5H,1-4,7-8H2,(H,9,10);(H,5,6,7)/t5-;/m0./s1. The molecule has 0 spiro atoms. The topological polar surface area (TPSA) is 144 Å². The SMILES string of the molecule is NCCCC[C@H](N)C(=O)O.O=S(=O)(O)C(F)(F)F. The van der Waals surface area contributed by atoms with Gasteiger partial charge in [-0.2, -0.15) is 21.6 Å². The lowest BCUT2D eigenvalue weighted by Crippen LogP contribution is -2.29. The van der Waals surface area contributed by atoms with Gasteiger partial charge in [-0.05, 0) is 19.4 Å². The fraction of sp³-hybridized carbons (Fsp3) is 0.857. The molecule has 1 atom stereocenters. The number of halogens is 3. The second-order valence-electron chi connectivity index (χ2n) is 3.15. The molecule has 6 N–H and O–H groups in total. The Hall–Kier alpha value is -0.910. The van der Waals surface area contributed by atoms with E-state index >= 15 is 0 Å². The normalized spacial score (nSPS) is 13.4. The molecule has 7 nitrogen and oxygen atoms in total. The van der Waals surface area contributed by atoms with E-state index in [-0.39, 0.29) is 0 Å². The molecule has 11 heteroatoms. The summed E-state index contributed by atoms with van der Waals surface area (Å²) in [6, 6.07) is -0.716. The Kier molecular flexibility index (Phi) is 8.89. The smallest absolute Gasteiger partial charge is 0.480 e. The van der Waals surface area contributed by atoms with Gasteiger partial charge in [0.15, 0.2) is 0 Å². The van der Waals surface area contributed by atoms with E-state index in [2.05, 4.69) is 0 Å². The van der Waals surface area contributed by atoms with E-state index in [1.807, 2.05) is 0 Å². The fourth-order valence-corrected chi connectivity index (χ4v) is 0.632. The molecule has 0 aromatic rings. The number of hydrogen-bond acceptors (Lipinski definition) is 5. The van der Waals surface area contributed by atoms with E-state index in [0.29, 0.717) is 13.0 Å². The lowest BCUT2D eigenvalue weighted by atomic mass is 10.1. The van der Waals surface area contributed by atoms with Crippen LogP contribution >= 0.6 is 0 Å². The van der Waals surface area contributed by atoms with Crippen LogP contribution in [0.4, 0.5) is 13.2 Å². The van der Waals surface area contributed by atoms with E-state index in [9.17, 15) is 18.0 Å². The number of aliphatic carboxylic acids is 1.